The van der Waals surface area contributed by atoms with Gasteiger partial charge in [0.15, 0.2) is 0 Å². The van der Waals surface area contributed by atoms with Gasteiger partial charge in [0.1, 0.15) is 0 Å². The van der Waals surface area contributed by atoms with Crippen molar-refractivity contribution in [2.45, 2.75) is 31.8 Å². The Balaban J connectivity index is 1.59. The van der Waals surface area contributed by atoms with Crippen LogP contribution in [0, 0.1) is 5.92 Å². The number of hydrogen-bond donors (Lipinski definition) is 2. The molecule has 0 radical (unpaired) electrons. The van der Waals surface area contributed by atoms with E-state index in [0.29, 0.717) is 12.1 Å². The zero-order valence-electron chi connectivity index (χ0n) is 15.1. The number of benzene rings is 1. The number of H-pyrrole nitrogens is 1. The summed E-state index contributed by atoms with van der Waals surface area (Å²) in [5.74, 6) is -0.126. The number of rotatable bonds is 1. The van der Waals surface area contributed by atoms with Gasteiger partial charge in [-0.25, -0.2) is 4.79 Å². The van der Waals surface area contributed by atoms with Crippen LogP contribution >= 0.6 is 0 Å². The van der Waals surface area contributed by atoms with Crippen molar-refractivity contribution >= 4 is 16.9 Å². The molecule has 0 bridgehead atoms. The first-order chi connectivity index (χ1) is 12.7. The van der Waals surface area contributed by atoms with Crippen LogP contribution in [-0.4, -0.2) is 35.5 Å². The summed E-state index contributed by atoms with van der Waals surface area (Å²) < 4.78 is 5.03. The van der Waals surface area contributed by atoms with Crippen LogP contribution in [0.2, 0.25) is 0 Å². The number of nitrogens with one attached hydrogen (secondary N) is 2. The average molecular weight is 349 g/mol. The number of piperidine rings is 1. The minimum Gasteiger partial charge on any atom is -0.466 e. The smallest absolute Gasteiger partial charge is 0.335 e. The molecule has 1 aromatic carbocycles. The van der Waals surface area contributed by atoms with Gasteiger partial charge in [-0.05, 0) is 37.0 Å². The molecule has 134 valence electrons. The molecule has 4 heterocycles. The molecular weight excluding hydrogens is 326 g/mol. The first-order valence-corrected chi connectivity index (χ1v) is 9.28. The third-order valence-corrected chi connectivity index (χ3v) is 6.33. The number of aromatic amines is 1. The predicted molar refractivity (Wildman–Crippen MR) is 100 cm³/mol. The maximum Gasteiger partial charge on any atom is 0.335 e. The van der Waals surface area contributed by atoms with Crippen LogP contribution in [0.5, 0.6) is 0 Å². The highest BCUT2D eigenvalue weighted by molar-refractivity contribution is 5.90. The second-order valence-corrected chi connectivity index (χ2v) is 7.43. The number of carbonyl (C=O) groups is 1. The zero-order valence-corrected chi connectivity index (χ0v) is 15.1. The van der Waals surface area contributed by atoms with Gasteiger partial charge in [0.05, 0.1) is 18.7 Å². The van der Waals surface area contributed by atoms with Gasteiger partial charge in [-0.3, -0.25) is 4.90 Å². The highest BCUT2D eigenvalue weighted by atomic mass is 16.5. The average Bonchev–Trinajstić information content (AvgIpc) is 3.06. The lowest BCUT2D eigenvalue weighted by Crippen LogP contribution is -2.49. The van der Waals surface area contributed by atoms with Crippen LogP contribution in [0.15, 0.2) is 47.8 Å². The van der Waals surface area contributed by atoms with Gasteiger partial charge in [-0.15, -0.1) is 0 Å². The van der Waals surface area contributed by atoms with Crippen LogP contribution in [0.4, 0.5) is 0 Å². The van der Waals surface area contributed by atoms with Crippen molar-refractivity contribution in [2.75, 3.05) is 13.7 Å². The highest BCUT2D eigenvalue weighted by Gasteiger charge is 2.44. The Morgan fingerprint density at radius 2 is 2.12 bits per heavy atom. The van der Waals surface area contributed by atoms with Gasteiger partial charge < -0.3 is 15.0 Å². The van der Waals surface area contributed by atoms with E-state index in [-0.39, 0.29) is 11.9 Å². The van der Waals surface area contributed by atoms with Crippen molar-refractivity contribution < 1.29 is 9.53 Å². The zero-order chi connectivity index (χ0) is 17.8. The maximum atomic E-state index is 12.3. The Bertz CT molecular complexity index is 955. The minimum absolute atomic E-state index is 0.109. The number of para-hydroxylation sites is 1. The molecule has 3 aliphatic heterocycles. The fourth-order valence-electron chi connectivity index (χ4n) is 5.07. The molecule has 26 heavy (non-hydrogen) atoms. The monoisotopic (exact) mass is 349 g/mol. The second-order valence-electron chi connectivity index (χ2n) is 7.43. The summed E-state index contributed by atoms with van der Waals surface area (Å²) in [5, 5.41) is 4.49. The molecule has 2 N–H and O–H groups in total. The Kier molecular flexibility index (Phi) is 3.47. The van der Waals surface area contributed by atoms with Crippen LogP contribution in [0.1, 0.15) is 30.6 Å². The third-order valence-electron chi connectivity index (χ3n) is 6.33. The van der Waals surface area contributed by atoms with Crippen molar-refractivity contribution in [1.82, 2.24) is 15.2 Å². The van der Waals surface area contributed by atoms with E-state index in [9.17, 15) is 4.79 Å². The van der Waals surface area contributed by atoms with Gasteiger partial charge in [-0.2, -0.15) is 0 Å². The van der Waals surface area contributed by atoms with Crippen molar-refractivity contribution in [3.8, 4) is 0 Å². The SMILES string of the molecule is COC(=O)C1=CNC=C2C1CC1c3[nH]c4ccccc4c3CCN1C2C. The second kappa shape index (κ2) is 5.74. The molecule has 3 unspecified atom stereocenters. The molecule has 3 atom stereocenters. The van der Waals surface area contributed by atoms with E-state index in [1.165, 1.54) is 34.8 Å². The van der Waals surface area contributed by atoms with E-state index in [2.05, 4.69) is 52.6 Å². The quantitative estimate of drug-likeness (QED) is 0.777. The molecule has 5 heteroatoms. The lowest BCUT2D eigenvalue weighted by molar-refractivity contribution is -0.136. The third kappa shape index (κ3) is 2.10. The van der Waals surface area contributed by atoms with Crippen LogP contribution in [0.25, 0.3) is 10.9 Å². The molecule has 5 rings (SSSR count). The molecule has 1 aromatic heterocycles. The van der Waals surface area contributed by atoms with Crippen molar-refractivity contribution in [3.05, 3.63) is 59.1 Å². The minimum atomic E-state index is -0.235. The number of methoxy groups -OCH3 is 1. The van der Waals surface area contributed by atoms with E-state index in [0.717, 1.165) is 25.0 Å². The summed E-state index contributed by atoms with van der Waals surface area (Å²) in [6.45, 7) is 3.29. The van der Waals surface area contributed by atoms with E-state index < -0.39 is 0 Å². The van der Waals surface area contributed by atoms with E-state index in [4.69, 9.17) is 4.74 Å². The molecule has 0 saturated carbocycles. The standard InChI is InChI=1S/C21H23N3O2/c1-12-16-10-22-11-17(21(25)26-2)15(16)9-19-20-14(7-8-24(12)19)13-5-3-4-6-18(13)23-20/h3-6,10-12,15,19,22-23H,7-9H2,1-2H3. The molecule has 5 nitrogen and oxygen atoms in total. The fraction of sp³-hybridized carbons (Fsp3) is 0.381. The summed E-state index contributed by atoms with van der Waals surface area (Å²) in [5.41, 5.74) is 6.00. The van der Waals surface area contributed by atoms with E-state index in [1.54, 1.807) is 6.20 Å². The van der Waals surface area contributed by atoms with Gasteiger partial charge in [-0.1, -0.05) is 18.2 Å². The molecule has 0 aliphatic carbocycles. The molecule has 0 spiro atoms. The number of carbonyl (C=O) groups excluding carboxylic acids is 1. The Morgan fingerprint density at radius 1 is 1.27 bits per heavy atom. The fourth-order valence-corrected chi connectivity index (χ4v) is 5.07. The Hall–Kier alpha value is -2.53. The normalized spacial score (nSPS) is 27.5. The van der Waals surface area contributed by atoms with Crippen LogP contribution in [-0.2, 0) is 16.0 Å². The van der Waals surface area contributed by atoms with Crippen molar-refractivity contribution in [3.63, 3.8) is 0 Å². The first-order valence-electron chi connectivity index (χ1n) is 9.28. The van der Waals surface area contributed by atoms with Crippen molar-refractivity contribution in [2.24, 2.45) is 5.92 Å². The molecule has 1 fully saturated rings. The van der Waals surface area contributed by atoms with E-state index in [1.807, 2.05) is 0 Å². The van der Waals surface area contributed by atoms with Gasteiger partial charge >= 0.3 is 5.97 Å². The number of fused-ring (bicyclic) bond motifs is 6. The van der Waals surface area contributed by atoms with Gasteiger partial charge in [0, 0.05) is 47.5 Å². The predicted octanol–water partition coefficient (Wildman–Crippen LogP) is 3.02. The molecular formula is C21H23N3O2. The maximum absolute atomic E-state index is 12.3. The number of ether oxygens (including phenoxy) is 1. The lowest BCUT2D eigenvalue weighted by atomic mass is 9.74. The van der Waals surface area contributed by atoms with Gasteiger partial charge in [0.2, 0.25) is 0 Å². The van der Waals surface area contributed by atoms with Crippen LogP contribution in [0.3, 0.4) is 0 Å². The molecule has 0 amide bonds. The topological polar surface area (TPSA) is 57.4 Å². The number of aromatic nitrogens is 1. The number of esters is 1. The first kappa shape index (κ1) is 15.7. The summed E-state index contributed by atoms with van der Waals surface area (Å²) in [6, 6.07) is 9.14. The van der Waals surface area contributed by atoms with Crippen molar-refractivity contribution in [1.29, 1.82) is 0 Å². The highest BCUT2D eigenvalue weighted by Crippen LogP contribution is 2.47. The molecule has 3 aliphatic rings. The van der Waals surface area contributed by atoms with E-state index >= 15 is 0 Å². The number of hydrogen-bond acceptors (Lipinski definition) is 4. The number of nitrogens with zero attached hydrogens (tertiary/aromatic N) is 1. The summed E-state index contributed by atoms with van der Waals surface area (Å²) >= 11 is 0. The Labute approximate surface area is 152 Å². The summed E-state index contributed by atoms with van der Waals surface area (Å²) in [6.07, 6.45) is 5.83. The largest absolute Gasteiger partial charge is 0.466 e. The summed E-state index contributed by atoms with van der Waals surface area (Å²) in [4.78, 5) is 18.5. The molecule has 2 aromatic rings. The van der Waals surface area contributed by atoms with Gasteiger partial charge in [0.25, 0.3) is 0 Å². The lowest BCUT2D eigenvalue weighted by Gasteiger charge is -2.48. The number of dihydropyridines is 1. The van der Waals surface area contributed by atoms with Crippen LogP contribution < -0.4 is 5.32 Å². The Morgan fingerprint density at radius 3 is 2.96 bits per heavy atom. The summed E-state index contributed by atoms with van der Waals surface area (Å²) in [7, 11) is 1.45. The molecule has 1 saturated heterocycles.